The molecule has 0 aromatic rings. The Hall–Kier alpha value is 0. The van der Waals surface area contributed by atoms with Gasteiger partial charge in [0, 0.05) is 0 Å². The van der Waals surface area contributed by atoms with Crippen LogP contribution in [0.3, 0.4) is 0 Å². The number of hydrogen-bond donors (Lipinski definition) is 0. The minimum Gasteiger partial charge on any atom is -0.0628 e. The molecule has 0 aromatic carbocycles. The molecule has 0 nitrogen and oxygen atoms in total. The number of fused-ring (bicyclic) bond motifs is 5. The summed E-state index contributed by atoms with van der Waals surface area (Å²) in [4.78, 5) is 0. The Morgan fingerprint density at radius 1 is 0.714 bits per heavy atom. The van der Waals surface area contributed by atoms with Crippen LogP contribution in [-0.2, 0) is 0 Å². The van der Waals surface area contributed by atoms with Gasteiger partial charge in [-0.15, -0.1) is 0 Å². The molecule has 0 aliphatic heterocycles. The smallest absolute Gasteiger partial charge is 0.0264 e. The van der Waals surface area contributed by atoms with E-state index in [2.05, 4.69) is 34.6 Å². The van der Waals surface area contributed by atoms with E-state index in [-0.39, 0.29) is 0 Å². The third kappa shape index (κ3) is 3.62. The average Bonchev–Trinajstić information content (AvgIpc) is 2.87. The lowest BCUT2D eigenvalue weighted by atomic mass is 9.46. The Morgan fingerprint density at radius 2 is 1.50 bits per heavy atom. The first-order chi connectivity index (χ1) is 13.4. The van der Waals surface area contributed by atoms with Crippen molar-refractivity contribution >= 4 is 0 Å². The summed E-state index contributed by atoms with van der Waals surface area (Å²) in [5.74, 6) is 7.12. The van der Waals surface area contributed by atoms with Gasteiger partial charge in [-0.3, -0.25) is 0 Å². The normalized spacial score (nSPS) is 47.1. The third-order valence-electron chi connectivity index (χ3n) is 11.0. The maximum atomic E-state index is 2.76. The second-order valence-corrected chi connectivity index (χ2v) is 12.8. The monoisotopic (exact) mass is 386 g/mol. The van der Waals surface area contributed by atoms with E-state index in [1.807, 2.05) is 0 Å². The predicted molar refractivity (Wildman–Crippen MR) is 122 cm³/mol. The summed E-state index contributed by atoms with van der Waals surface area (Å²) in [6.07, 6.45) is 21.4. The summed E-state index contributed by atoms with van der Waals surface area (Å²) in [5, 5.41) is 0. The van der Waals surface area contributed by atoms with Gasteiger partial charge in [0.15, 0.2) is 0 Å². The zero-order valence-electron chi connectivity index (χ0n) is 19.9. The van der Waals surface area contributed by atoms with Crippen molar-refractivity contribution in [2.45, 2.75) is 125 Å². The van der Waals surface area contributed by atoms with Gasteiger partial charge in [0.1, 0.15) is 0 Å². The summed E-state index contributed by atoms with van der Waals surface area (Å²) in [5.41, 5.74) is 1.37. The van der Waals surface area contributed by atoms with Crippen molar-refractivity contribution in [3.63, 3.8) is 0 Å². The van der Waals surface area contributed by atoms with Gasteiger partial charge in [0.25, 0.3) is 0 Å². The van der Waals surface area contributed by atoms with Crippen LogP contribution in [0.25, 0.3) is 0 Å². The van der Waals surface area contributed by atoms with Crippen LogP contribution in [0, 0.1) is 52.3 Å². The molecule has 4 rings (SSSR count). The quantitative estimate of drug-likeness (QED) is 0.442. The van der Waals surface area contributed by atoms with Gasteiger partial charge in [-0.05, 0) is 104 Å². The minimum atomic E-state index is 0.673. The second kappa shape index (κ2) is 8.26. The highest BCUT2D eigenvalue weighted by Crippen LogP contribution is 2.68. The largest absolute Gasteiger partial charge is 0.0628 e. The van der Waals surface area contributed by atoms with Gasteiger partial charge in [0.05, 0.1) is 0 Å². The molecule has 0 heterocycles. The molecule has 28 heavy (non-hydrogen) atoms. The topological polar surface area (TPSA) is 0 Å². The van der Waals surface area contributed by atoms with E-state index in [1.165, 1.54) is 38.5 Å². The van der Waals surface area contributed by atoms with E-state index in [0.29, 0.717) is 10.8 Å². The van der Waals surface area contributed by atoms with Crippen molar-refractivity contribution in [3.05, 3.63) is 0 Å². The summed E-state index contributed by atoms with van der Waals surface area (Å²) in [6, 6.07) is 0. The van der Waals surface area contributed by atoms with Crippen molar-refractivity contribution < 1.29 is 0 Å². The van der Waals surface area contributed by atoms with Crippen LogP contribution in [0.4, 0.5) is 0 Å². The van der Waals surface area contributed by atoms with Crippen molar-refractivity contribution in [1.82, 2.24) is 0 Å². The van der Waals surface area contributed by atoms with Gasteiger partial charge < -0.3 is 0 Å². The average molecular weight is 387 g/mol. The van der Waals surface area contributed by atoms with Crippen LogP contribution in [0.5, 0.6) is 0 Å². The Bertz CT molecular complexity index is 520. The summed E-state index contributed by atoms with van der Waals surface area (Å²) in [7, 11) is 0. The summed E-state index contributed by atoms with van der Waals surface area (Å²) < 4.78 is 0. The standard InChI is InChI=1S/C28H50/c1-20(2)10-9-11-21(3)24-15-16-25-23-14-13-22-12-7-6-8-18-27(22,4)26(23)17-19-28(24,25)5/h20-26H,6-19H2,1-5H3/t21-,22-,23+,24+,25-,26-,27+,28-/m1/s1. The maximum Gasteiger partial charge on any atom is -0.0264 e. The molecule has 4 saturated carbocycles. The molecule has 0 bridgehead atoms. The highest BCUT2D eigenvalue weighted by atomic mass is 14.6. The molecule has 4 aliphatic rings. The molecule has 162 valence electrons. The van der Waals surface area contributed by atoms with Crippen LogP contribution in [-0.4, -0.2) is 0 Å². The first-order valence-corrected chi connectivity index (χ1v) is 13.4. The highest BCUT2D eigenvalue weighted by Gasteiger charge is 2.59. The molecule has 0 radical (unpaired) electrons. The lowest BCUT2D eigenvalue weighted by Crippen LogP contribution is -2.52. The van der Waals surface area contributed by atoms with E-state index < -0.39 is 0 Å². The van der Waals surface area contributed by atoms with Crippen molar-refractivity contribution in [2.24, 2.45) is 52.3 Å². The fourth-order valence-electron chi connectivity index (χ4n) is 9.50. The number of hydrogen-bond acceptors (Lipinski definition) is 0. The fraction of sp³-hybridized carbons (Fsp3) is 1.00. The van der Waals surface area contributed by atoms with Crippen LogP contribution in [0.2, 0.25) is 0 Å². The van der Waals surface area contributed by atoms with Crippen molar-refractivity contribution in [3.8, 4) is 0 Å². The fourth-order valence-corrected chi connectivity index (χ4v) is 9.50. The molecule has 0 spiro atoms. The third-order valence-corrected chi connectivity index (χ3v) is 11.0. The first-order valence-electron chi connectivity index (χ1n) is 13.4. The Kier molecular flexibility index (Phi) is 6.27. The highest BCUT2D eigenvalue weighted by molar-refractivity contribution is 5.08. The molecular weight excluding hydrogens is 336 g/mol. The van der Waals surface area contributed by atoms with Crippen molar-refractivity contribution in [2.75, 3.05) is 0 Å². The Balaban J connectivity index is 1.47. The van der Waals surface area contributed by atoms with Crippen LogP contribution < -0.4 is 0 Å². The van der Waals surface area contributed by atoms with Crippen LogP contribution in [0.15, 0.2) is 0 Å². The van der Waals surface area contributed by atoms with Gasteiger partial charge in [-0.25, -0.2) is 0 Å². The molecule has 0 saturated heterocycles. The van der Waals surface area contributed by atoms with Crippen LogP contribution in [0.1, 0.15) is 125 Å². The van der Waals surface area contributed by atoms with Crippen LogP contribution >= 0.6 is 0 Å². The molecule has 4 fully saturated rings. The predicted octanol–water partition coefficient (Wildman–Crippen LogP) is 8.89. The molecule has 0 N–H and O–H groups in total. The summed E-state index contributed by atoms with van der Waals surface area (Å²) in [6.45, 7) is 12.9. The van der Waals surface area contributed by atoms with E-state index in [1.54, 1.807) is 51.4 Å². The lowest BCUT2D eigenvalue weighted by Gasteiger charge is -2.59. The molecular formula is C28H50. The first kappa shape index (κ1) is 21.2. The molecule has 0 amide bonds. The van der Waals surface area contributed by atoms with E-state index in [9.17, 15) is 0 Å². The molecule has 8 atom stereocenters. The van der Waals surface area contributed by atoms with E-state index >= 15 is 0 Å². The Morgan fingerprint density at radius 3 is 2.29 bits per heavy atom. The van der Waals surface area contributed by atoms with E-state index in [4.69, 9.17) is 0 Å². The maximum absolute atomic E-state index is 2.76. The van der Waals surface area contributed by atoms with Gasteiger partial charge >= 0.3 is 0 Å². The van der Waals surface area contributed by atoms with Crippen molar-refractivity contribution in [1.29, 1.82) is 0 Å². The van der Waals surface area contributed by atoms with Gasteiger partial charge in [-0.2, -0.15) is 0 Å². The minimum absolute atomic E-state index is 0.673. The SMILES string of the molecule is CC(C)CCC[C@@H](C)[C@@H]1CC[C@@H]2[C@@H]3CC[C@H]4CCCCC[C@]4(C)[C@@H]3CC[C@@]21C. The molecule has 0 aromatic heterocycles. The molecule has 0 heteroatoms. The zero-order valence-corrected chi connectivity index (χ0v) is 19.9. The second-order valence-electron chi connectivity index (χ2n) is 12.8. The van der Waals surface area contributed by atoms with Gasteiger partial charge in [-0.1, -0.05) is 73.1 Å². The zero-order chi connectivity index (χ0) is 19.9. The van der Waals surface area contributed by atoms with Gasteiger partial charge in [0.2, 0.25) is 0 Å². The Labute approximate surface area is 177 Å². The molecule has 4 aliphatic carbocycles. The van der Waals surface area contributed by atoms with E-state index in [0.717, 1.165) is 41.4 Å². The molecule has 0 unspecified atom stereocenters. The summed E-state index contributed by atoms with van der Waals surface area (Å²) >= 11 is 0. The lowest BCUT2D eigenvalue weighted by molar-refractivity contribution is -0.103. The number of rotatable bonds is 5.